The fraction of sp³-hybridized carbons (Fsp3) is 0.571. The Bertz CT molecular complexity index is 414. The Morgan fingerprint density at radius 3 is 2.83 bits per heavy atom. The summed E-state index contributed by atoms with van der Waals surface area (Å²) in [6.07, 6.45) is 1.09. The van der Waals surface area contributed by atoms with Crippen molar-refractivity contribution in [2.45, 2.75) is 17.9 Å². The number of benzene rings is 1. The fourth-order valence-electron chi connectivity index (χ4n) is 2.79. The van der Waals surface area contributed by atoms with Crippen molar-refractivity contribution in [3.05, 3.63) is 34.3 Å². The Hall–Kier alpha value is -0.420. The summed E-state index contributed by atoms with van der Waals surface area (Å²) in [5.74, 6) is 0. The first kappa shape index (κ1) is 12.6. The van der Waals surface area contributed by atoms with Crippen LogP contribution in [0.5, 0.6) is 0 Å². The lowest BCUT2D eigenvalue weighted by atomic mass is 9.74. The van der Waals surface area contributed by atoms with Crippen molar-refractivity contribution in [3.8, 4) is 0 Å². The van der Waals surface area contributed by atoms with Crippen LogP contribution in [0.3, 0.4) is 0 Å². The first-order valence-corrected chi connectivity index (χ1v) is 7.23. The summed E-state index contributed by atoms with van der Waals surface area (Å²) in [7, 11) is 0. The second kappa shape index (κ2) is 5.29. The van der Waals surface area contributed by atoms with Gasteiger partial charge in [-0.15, -0.1) is 0 Å². The van der Waals surface area contributed by atoms with Crippen LogP contribution >= 0.6 is 15.9 Å². The van der Waals surface area contributed by atoms with Crippen LogP contribution in [0.2, 0.25) is 0 Å². The van der Waals surface area contributed by atoms with Gasteiger partial charge in [-0.25, -0.2) is 0 Å². The van der Waals surface area contributed by atoms with Gasteiger partial charge in [-0.1, -0.05) is 28.1 Å². The summed E-state index contributed by atoms with van der Waals surface area (Å²) in [4.78, 5) is 0. The van der Waals surface area contributed by atoms with E-state index in [4.69, 9.17) is 9.47 Å². The fourth-order valence-corrected chi connectivity index (χ4v) is 3.19. The standard InChI is InChI=1S/C14H18BrNO2/c15-12-3-1-2-11(6-12)14(9-18-10-14)7-13-8-17-5-4-16-13/h1-3,6,13,16H,4-5,7-10H2. The first-order valence-electron chi connectivity index (χ1n) is 6.43. The molecule has 4 heteroatoms. The predicted octanol–water partition coefficient (Wildman–Crippen LogP) is 2.10. The zero-order chi connectivity index (χ0) is 12.4. The van der Waals surface area contributed by atoms with Crippen LogP contribution in [-0.2, 0) is 14.9 Å². The third kappa shape index (κ3) is 2.48. The van der Waals surface area contributed by atoms with E-state index in [0.717, 1.165) is 43.9 Å². The van der Waals surface area contributed by atoms with Gasteiger partial charge in [0.25, 0.3) is 0 Å². The molecule has 1 atom stereocenters. The topological polar surface area (TPSA) is 30.5 Å². The quantitative estimate of drug-likeness (QED) is 0.927. The molecular weight excluding hydrogens is 294 g/mol. The van der Waals surface area contributed by atoms with Gasteiger partial charge in [0.2, 0.25) is 0 Å². The number of morpholine rings is 1. The van der Waals surface area contributed by atoms with Crippen LogP contribution in [0.25, 0.3) is 0 Å². The molecule has 2 heterocycles. The second-order valence-electron chi connectivity index (χ2n) is 5.21. The Labute approximate surface area is 116 Å². The van der Waals surface area contributed by atoms with Crippen LogP contribution in [0.1, 0.15) is 12.0 Å². The maximum absolute atomic E-state index is 5.54. The highest BCUT2D eigenvalue weighted by molar-refractivity contribution is 9.10. The molecule has 0 spiro atoms. The first-order chi connectivity index (χ1) is 8.78. The Morgan fingerprint density at radius 1 is 1.33 bits per heavy atom. The van der Waals surface area contributed by atoms with Gasteiger partial charge in [0.1, 0.15) is 0 Å². The van der Waals surface area contributed by atoms with Crippen molar-refractivity contribution >= 4 is 15.9 Å². The zero-order valence-corrected chi connectivity index (χ0v) is 11.9. The minimum atomic E-state index is 0.169. The van der Waals surface area contributed by atoms with E-state index in [9.17, 15) is 0 Å². The number of rotatable bonds is 3. The molecule has 2 saturated heterocycles. The van der Waals surface area contributed by atoms with E-state index in [1.807, 2.05) is 0 Å². The van der Waals surface area contributed by atoms with Gasteiger partial charge < -0.3 is 14.8 Å². The molecule has 0 saturated carbocycles. The number of ether oxygens (including phenoxy) is 2. The van der Waals surface area contributed by atoms with Crippen molar-refractivity contribution in [2.24, 2.45) is 0 Å². The van der Waals surface area contributed by atoms with E-state index in [-0.39, 0.29) is 5.41 Å². The van der Waals surface area contributed by atoms with Crippen LogP contribution in [-0.4, -0.2) is 39.0 Å². The molecule has 1 N–H and O–H groups in total. The van der Waals surface area contributed by atoms with Crippen LogP contribution in [0.4, 0.5) is 0 Å². The molecule has 0 aliphatic carbocycles. The molecule has 3 rings (SSSR count). The molecule has 2 fully saturated rings. The second-order valence-corrected chi connectivity index (χ2v) is 6.13. The summed E-state index contributed by atoms with van der Waals surface area (Å²) in [6, 6.07) is 9.04. The molecule has 2 aliphatic heterocycles. The van der Waals surface area contributed by atoms with E-state index >= 15 is 0 Å². The third-order valence-corrected chi connectivity index (χ3v) is 4.32. The van der Waals surface area contributed by atoms with Crippen molar-refractivity contribution in [1.82, 2.24) is 5.32 Å². The van der Waals surface area contributed by atoms with Crippen molar-refractivity contribution in [3.63, 3.8) is 0 Å². The largest absolute Gasteiger partial charge is 0.379 e. The highest BCUT2D eigenvalue weighted by Gasteiger charge is 2.42. The lowest BCUT2D eigenvalue weighted by Gasteiger charge is -2.45. The van der Waals surface area contributed by atoms with Crippen molar-refractivity contribution < 1.29 is 9.47 Å². The average Bonchev–Trinajstić information content (AvgIpc) is 2.35. The Kier molecular flexibility index (Phi) is 3.71. The normalized spacial score (nSPS) is 26.6. The van der Waals surface area contributed by atoms with Gasteiger partial charge in [0, 0.05) is 22.5 Å². The SMILES string of the molecule is Brc1cccc(C2(CC3COCCN3)COC2)c1. The van der Waals surface area contributed by atoms with Gasteiger partial charge in [0.05, 0.1) is 26.4 Å². The number of halogens is 1. The van der Waals surface area contributed by atoms with Gasteiger partial charge in [-0.05, 0) is 24.1 Å². The van der Waals surface area contributed by atoms with Crippen LogP contribution in [0, 0.1) is 0 Å². The third-order valence-electron chi connectivity index (χ3n) is 3.83. The Balaban J connectivity index is 1.77. The van der Waals surface area contributed by atoms with Gasteiger partial charge in [-0.3, -0.25) is 0 Å². The zero-order valence-electron chi connectivity index (χ0n) is 10.3. The van der Waals surface area contributed by atoms with Crippen molar-refractivity contribution in [1.29, 1.82) is 0 Å². The van der Waals surface area contributed by atoms with Crippen LogP contribution in [0.15, 0.2) is 28.7 Å². The summed E-state index contributed by atoms with van der Waals surface area (Å²) in [6.45, 7) is 4.25. The molecule has 3 nitrogen and oxygen atoms in total. The van der Waals surface area contributed by atoms with E-state index in [2.05, 4.69) is 45.5 Å². The molecule has 2 aliphatic rings. The van der Waals surface area contributed by atoms with Crippen LogP contribution < -0.4 is 5.32 Å². The molecular formula is C14H18BrNO2. The summed E-state index contributed by atoms with van der Waals surface area (Å²) >= 11 is 3.55. The predicted molar refractivity (Wildman–Crippen MR) is 73.9 cm³/mol. The highest BCUT2D eigenvalue weighted by Crippen LogP contribution is 2.38. The van der Waals surface area contributed by atoms with E-state index < -0.39 is 0 Å². The number of hydrogen-bond donors (Lipinski definition) is 1. The van der Waals surface area contributed by atoms with Gasteiger partial charge in [-0.2, -0.15) is 0 Å². The molecule has 1 aromatic rings. The lowest BCUT2D eigenvalue weighted by Crippen LogP contribution is -2.53. The summed E-state index contributed by atoms with van der Waals surface area (Å²) < 4.78 is 12.2. The van der Waals surface area contributed by atoms with Crippen molar-refractivity contribution in [2.75, 3.05) is 33.0 Å². The Morgan fingerprint density at radius 2 is 2.22 bits per heavy atom. The summed E-state index contributed by atoms with van der Waals surface area (Å²) in [5.41, 5.74) is 1.54. The smallest absolute Gasteiger partial charge is 0.0620 e. The minimum Gasteiger partial charge on any atom is -0.379 e. The maximum Gasteiger partial charge on any atom is 0.0620 e. The highest BCUT2D eigenvalue weighted by atomic mass is 79.9. The van der Waals surface area contributed by atoms with E-state index in [1.165, 1.54) is 5.56 Å². The molecule has 1 aromatic carbocycles. The molecule has 0 bridgehead atoms. The lowest BCUT2D eigenvalue weighted by molar-refractivity contribution is -0.0753. The number of hydrogen-bond acceptors (Lipinski definition) is 3. The summed E-state index contributed by atoms with van der Waals surface area (Å²) in [5, 5.41) is 3.54. The molecule has 0 radical (unpaired) electrons. The molecule has 1 unspecified atom stereocenters. The van der Waals surface area contributed by atoms with Gasteiger partial charge in [0.15, 0.2) is 0 Å². The number of nitrogens with one attached hydrogen (secondary N) is 1. The monoisotopic (exact) mass is 311 g/mol. The molecule has 18 heavy (non-hydrogen) atoms. The molecule has 0 amide bonds. The maximum atomic E-state index is 5.54. The van der Waals surface area contributed by atoms with Gasteiger partial charge >= 0.3 is 0 Å². The molecule has 0 aromatic heterocycles. The average molecular weight is 312 g/mol. The minimum absolute atomic E-state index is 0.169. The van der Waals surface area contributed by atoms with E-state index in [0.29, 0.717) is 6.04 Å². The molecule has 98 valence electrons. The van der Waals surface area contributed by atoms with E-state index in [1.54, 1.807) is 0 Å².